The van der Waals surface area contributed by atoms with Gasteiger partial charge in [0, 0.05) is 25.5 Å². The Morgan fingerprint density at radius 1 is 1.24 bits per heavy atom. The lowest BCUT2D eigenvalue weighted by molar-refractivity contribution is -0.133. The molecule has 0 radical (unpaired) electrons. The van der Waals surface area contributed by atoms with Crippen LogP contribution in [0.5, 0.6) is 0 Å². The summed E-state index contributed by atoms with van der Waals surface area (Å²) >= 11 is 0. The number of nitrogens with zero attached hydrogens (tertiary/aromatic N) is 5. The van der Waals surface area contributed by atoms with E-state index in [0.717, 1.165) is 48.6 Å². The summed E-state index contributed by atoms with van der Waals surface area (Å²) in [6.45, 7) is 5.90. The van der Waals surface area contributed by atoms with E-state index in [1.165, 1.54) is 0 Å². The van der Waals surface area contributed by atoms with E-state index in [1.807, 2.05) is 60.0 Å². The summed E-state index contributed by atoms with van der Waals surface area (Å²) in [7, 11) is 0. The fourth-order valence-corrected chi connectivity index (χ4v) is 3.81. The van der Waals surface area contributed by atoms with E-state index in [-0.39, 0.29) is 5.91 Å². The number of benzene rings is 1. The minimum Gasteiger partial charge on any atom is -0.339 e. The Kier molecular flexibility index (Phi) is 4.03. The first-order valence-electron chi connectivity index (χ1n) is 8.82. The molecule has 0 saturated carbocycles. The number of hydrogen-bond acceptors (Lipinski definition) is 3. The van der Waals surface area contributed by atoms with Crippen LogP contribution in [0, 0.1) is 13.8 Å². The Labute approximate surface area is 147 Å². The summed E-state index contributed by atoms with van der Waals surface area (Å²) in [6.07, 6.45) is 5.96. The van der Waals surface area contributed by atoms with Crippen molar-refractivity contribution in [2.24, 2.45) is 0 Å². The van der Waals surface area contributed by atoms with Crippen LogP contribution in [0.3, 0.4) is 0 Å². The number of aryl methyl sites for hydroxylation is 2. The van der Waals surface area contributed by atoms with Gasteiger partial charge in [-0.25, -0.2) is 9.97 Å². The van der Waals surface area contributed by atoms with Gasteiger partial charge in [-0.1, -0.05) is 12.1 Å². The minimum atomic E-state index is 0.161. The van der Waals surface area contributed by atoms with Crippen molar-refractivity contribution in [2.75, 3.05) is 13.1 Å². The summed E-state index contributed by atoms with van der Waals surface area (Å²) in [5, 5.41) is 0. The predicted octanol–water partition coefficient (Wildman–Crippen LogP) is 2.71. The Bertz CT molecular complexity index is 910. The third-order valence-corrected chi connectivity index (χ3v) is 5.14. The molecule has 25 heavy (non-hydrogen) atoms. The van der Waals surface area contributed by atoms with Gasteiger partial charge in [0.15, 0.2) is 0 Å². The van der Waals surface area contributed by atoms with Crippen molar-refractivity contribution >= 4 is 16.9 Å². The Morgan fingerprint density at radius 2 is 2.08 bits per heavy atom. The highest BCUT2D eigenvalue weighted by molar-refractivity contribution is 5.81. The largest absolute Gasteiger partial charge is 0.339 e. The van der Waals surface area contributed by atoms with Crippen molar-refractivity contribution in [3.63, 3.8) is 0 Å². The molecule has 1 atom stereocenters. The molecule has 3 heterocycles. The first kappa shape index (κ1) is 15.9. The maximum atomic E-state index is 12.9. The van der Waals surface area contributed by atoms with Crippen molar-refractivity contribution in [1.82, 2.24) is 24.0 Å². The molecule has 6 nitrogen and oxygen atoms in total. The number of hydrogen-bond donors (Lipinski definition) is 0. The number of likely N-dealkylation sites (tertiary alicyclic amines) is 1. The van der Waals surface area contributed by atoms with Gasteiger partial charge in [-0.05, 0) is 38.8 Å². The average molecular weight is 337 g/mol. The van der Waals surface area contributed by atoms with Crippen LogP contribution < -0.4 is 0 Å². The molecule has 0 aliphatic carbocycles. The van der Waals surface area contributed by atoms with Crippen LogP contribution in [-0.2, 0) is 11.3 Å². The molecular weight excluding hydrogens is 314 g/mol. The molecule has 2 aromatic heterocycles. The molecule has 1 amide bonds. The molecule has 130 valence electrons. The topological polar surface area (TPSA) is 56.0 Å². The van der Waals surface area contributed by atoms with Crippen LogP contribution in [0.15, 0.2) is 36.7 Å². The highest BCUT2D eigenvalue weighted by atomic mass is 16.2. The van der Waals surface area contributed by atoms with Gasteiger partial charge in [-0.3, -0.25) is 4.79 Å². The molecule has 3 aromatic rings. The molecule has 1 saturated heterocycles. The first-order chi connectivity index (χ1) is 12.1. The second kappa shape index (κ2) is 6.35. The molecule has 4 rings (SSSR count). The van der Waals surface area contributed by atoms with Crippen LogP contribution >= 0.6 is 0 Å². The van der Waals surface area contributed by atoms with Crippen LogP contribution in [-0.4, -0.2) is 43.0 Å². The zero-order valence-corrected chi connectivity index (χ0v) is 14.7. The zero-order valence-electron chi connectivity index (χ0n) is 14.7. The molecular formula is C19H23N5O. The Balaban J connectivity index is 1.52. The fourth-order valence-electron chi connectivity index (χ4n) is 3.81. The van der Waals surface area contributed by atoms with Crippen molar-refractivity contribution in [3.8, 4) is 0 Å². The molecule has 0 bridgehead atoms. The smallest absolute Gasteiger partial charge is 0.242 e. The molecule has 6 heteroatoms. The van der Waals surface area contributed by atoms with E-state index >= 15 is 0 Å². The van der Waals surface area contributed by atoms with Gasteiger partial charge < -0.3 is 14.0 Å². The third kappa shape index (κ3) is 2.92. The second-order valence-electron chi connectivity index (χ2n) is 6.75. The normalized spacial score (nSPS) is 18.0. The van der Waals surface area contributed by atoms with Gasteiger partial charge in [0.25, 0.3) is 0 Å². The number of para-hydroxylation sites is 2. The summed E-state index contributed by atoms with van der Waals surface area (Å²) in [5.74, 6) is 2.05. The molecule has 1 aliphatic heterocycles. The summed E-state index contributed by atoms with van der Waals surface area (Å²) in [6, 6.07) is 8.30. The Hall–Kier alpha value is -2.63. The second-order valence-corrected chi connectivity index (χ2v) is 6.75. The van der Waals surface area contributed by atoms with Gasteiger partial charge in [0.1, 0.15) is 18.2 Å². The fraction of sp³-hybridized carbons (Fsp3) is 0.421. The monoisotopic (exact) mass is 337 g/mol. The highest BCUT2D eigenvalue weighted by Crippen LogP contribution is 2.23. The van der Waals surface area contributed by atoms with Crippen molar-refractivity contribution < 1.29 is 4.79 Å². The number of carbonyl (C=O) groups is 1. The van der Waals surface area contributed by atoms with Gasteiger partial charge in [-0.2, -0.15) is 0 Å². The van der Waals surface area contributed by atoms with Crippen LogP contribution in [0.4, 0.5) is 0 Å². The van der Waals surface area contributed by atoms with E-state index in [0.29, 0.717) is 12.6 Å². The number of piperidine rings is 1. The van der Waals surface area contributed by atoms with Crippen molar-refractivity contribution in [1.29, 1.82) is 0 Å². The zero-order chi connectivity index (χ0) is 17.4. The summed E-state index contributed by atoms with van der Waals surface area (Å²) in [4.78, 5) is 23.8. The van der Waals surface area contributed by atoms with E-state index < -0.39 is 0 Å². The molecule has 1 aromatic carbocycles. The van der Waals surface area contributed by atoms with E-state index in [2.05, 4.69) is 14.5 Å². The van der Waals surface area contributed by atoms with E-state index in [1.54, 1.807) is 0 Å². The molecule has 1 unspecified atom stereocenters. The van der Waals surface area contributed by atoms with Crippen LogP contribution in [0.2, 0.25) is 0 Å². The number of rotatable bonds is 3. The van der Waals surface area contributed by atoms with Gasteiger partial charge in [0.05, 0.1) is 17.1 Å². The average Bonchev–Trinajstić information content (AvgIpc) is 3.18. The molecule has 0 spiro atoms. The summed E-state index contributed by atoms with van der Waals surface area (Å²) in [5.41, 5.74) is 1.96. The van der Waals surface area contributed by atoms with E-state index in [9.17, 15) is 4.79 Å². The lowest BCUT2D eigenvalue weighted by Crippen LogP contribution is -2.42. The van der Waals surface area contributed by atoms with E-state index in [4.69, 9.17) is 0 Å². The van der Waals surface area contributed by atoms with Crippen LogP contribution in [0.25, 0.3) is 11.0 Å². The number of imidazole rings is 2. The number of amides is 1. The minimum absolute atomic E-state index is 0.161. The lowest BCUT2D eigenvalue weighted by atomic mass is 10.1. The summed E-state index contributed by atoms with van der Waals surface area (Å²) < 4.78 is 4.21. The maximum absolute atomic E-state index is 12.9. The van der Waals surface area contributed by atoms with Crippen LogP contribution in [0.1, 0.15) is 30.5 Å². The maximum Gasteiger partial charge on any atom is 0.242 e. The van der Waals surface area contributed by atoms with Gasteiger partial charge in [0.2, 0.25) is 5.91 Å². The van der Waals surface area contributed by atoms with Gasteiger partial charge in [-0.15, -0.1) is 0 Å². The number of aromatic nitrogens is 4. The standard InChI is InChI=1S/C19H23N5O/c1-14-20-9-11-23(14)16-6-5-10-22(12-16)19(25)13-24-15(2)21-17-7-3-4-8-18(17)24/h3-4,7-9,11,16H,5-6,10,12-13H2,1-2H3. The lowest BCUT2D eigenvalue weighted by Gasteiger charge is -2.34. The third-order valence-electron chi connectivity index (χ3n) is 5.14. The quantitative estimate of drug-likeness (QED) is 0.738. The molecule has 1 aliphatic rings. The highest BCUT2D eigenvalue weighted by Gasteiger charge is 2.26. The number of fused-ring (bicyclic) bond motifs is 1. The number of carbonyl (C=O) groups excluding carboxylic acids is 1. The SMILES string of the molecule is Cc1nccn1C1CCCN(C(=O)Cn2c(C)nc3ccccc32)C1. The predicted molar refractivity (Wildman–Crippen MR) is 96.3 cm³/mol. The van der Waals surface area contributed by atoms with Gasteiger partial charge >= 0.3 is 0 Å². The van der Waals surface area contributed by atoms with Crippen molar-refractivity contribution in [3.05, 3.63) is 48.3 Å². The molecule has 1 fully saturated rings. The first-order valence-corrected chi connectivity index (χ1v) is 8.82. The molecule has 0 N–H and O–H groups in total. The Morgan fingerprint density at radius 3 is 2.88 bits per heavy atom. The van der Waals surface area contributed by atoms with Crippen molar-refractivity contribution in [2.45, 2.75) is 39.3 Å².